The van der Waals surface area contributed by atoms with Gasteiger partial charge in [0.25, 0.3) is 0 Å². The first kappa shape index (κ1) is 23.3. The van der Waals surface area contributed by atoms with Crippen molar-refractivity contribution in [1.82, 2.24) is 33.9 Å². The lowest BCUT2D eigenvalue weighted by Gasteiger charge is -2.25. The monoisotopic (exact) mass is 496 g/mol. The van der Waals surface area contributed by atoms with Gasteiger partial charge in [0.15, 0.2) is 0 Å². The number of benzene rings is 1. The molecular formula is C28H32N8O. The highest BCUT2D eigenvalue weighted by Gasteiger charge is 2.23. The van der Waals surface area contributed by atoms with Crippen LogP contribution in [0.1, 0.15) is 43.8 Å². The molecule has 0 radical (unpaired) electrons. The molecule has 1 aliphatic carbocycles. The third-order valence-electron chi connectivity index (χ3n) is 7.44. The molecule has 1 N–H and O–H groups in total. The Morgan fingerprint density at radius 2 is 1.81 bits per heavy atom. The Kier molecular flexibility index (Phi) is 5.90. The minimum absolute atomic E-state index is 0.416. The van der Waals surface area contributed by atoms with Gasteiger partial charge in [0.1, 0.15) is 17.2 Å². The molecule has 4 aromatic heterocycles. The number of nitrogens with zero attached hydrogens (tertiary/aromatic N) is 7. The number of ether oxygens (including phenoxy) is 1. The molecule has 0 spiro atoms. The number of nitrogens with one attached hydrogen (secondary N) is 1. The van der Waals surface area contributed by atoms with Crippen molar-refractivity contribution in [1.29, 1.82) is 0 Å². The minimum Gasteiger partial charge on any atom is -0.495 e. The maximum absolute atomic E-state index is 5.73. The first-order valence-corrected chi connectivity index (χ1v) is 12.8. The molecule has 190 valence electrons. The number of anilines is 2. The lowest BCUT2D eigenvalue weighted by atomic mass is 9.95. The van der Waals surface area contributed by atoms with E-state index in [1.807, 2.05) is 62.5 Å². The van der Waals surface area contributed by atoms with Gasteiger partial charge in [-0.15, -0.1) is 0 Å². The Hall–Kier alpha value is -4.14. The van der Waals surface area contributed by atoms with E-state index in [1.54, 1.807) is 7.11 Å². The fourth-order valence-corrected chi connectivity index (χ4v) is 5.37. The maximum atomic E-state index is 5.73. The zero-order valence-electron chi connectivity index (χ0n) is 21.8. The van der Waals surface area contributed by atoms with Crippen LogP contribution in [-0.2, 0) is 14.1 Å². The topological polar surface area (TPSA) is 87.6 Å². The van der Waals surface area contributed by atoms with Crippen molar-refractivity contribution >= 4 is 22.7 Å². The van der Waals surface area contributed by atoms with Crippen molar-refractivity contribution in [3.05, 3.63) is 54.7 Å². The van der Waals surface area contributed by atoms with E-state index in [9.17, 15) is 0 Å². The molecule has 1 fully saturated rings. The number of rotatable bonds is 6. The highest BCUT2D eigenvalue weighted by Crippen LogP contribution is 2.38. The molecule has 9 heteroatoms. The van der Waals surface area contributed by atoms with Crippen LogP contribution in [0.25, 0.3) is 33.7 Å². The number of aryl methyl sites for hydroxylation is 2. The van der Waals surface area contributed by atoms with E-state index in [-0.39, 0.29) is 0 Å². The number of imidazole rings is 1. The molecule has 5 aromatic rings. The molecule has 0 atom stereocenters. The number of hydrogen-bond donors (Lipinski definition) is 1. The van der Waals surface area contributed by atoms with E-state index in [2.05, 4.69) is 41.8 Å². The molecule has 1 aliphatic rings. The summed E-state index contributed by atoms with van der Waals surface area (Å²) in [5.41, 5.74) is 6.09. The Labute approximate surface area is 216 Å². The Balaban J connectivity index is 1.39. The normalized spacial score (nSPS) is 14.4. The quantitative estimate of drug-likeness (QED) is 0.320. The van der Waals surface area contributed by atoms with Gasteiger partial charge in [-0.1, -0.05) is 19.3 Å². The summed E-state index contributed by atoms with van der Waals surface area (Å²) in [5, 5.41) is 8.84. The standard InChI is InChI=1S/C28H32N8O/c1-18-14-29-26(35(18)3)19-10-11-23(25(13-19)37-4)32-28-30-15-20-12-24(21-16-31-34(2)17-21)36(27(20)33-28)22-8-6-5-7-9-22/h10-17,22H,5-9H2,1-4H3,(H,30,32,33). The molecule has 0 bridgehead atoms. The lowest BCUT2D eigenvalue weighted by molar-refractivity contribution is 0.362. The van der Waals surface area contributed by atoms with Gasteiger partial charge in [-0.2, -0.15) is 10.1 Å². The van der Waals surface area contributed by atoms with E-state index in [4.69, 9.17) is 9.72 Å². The SMILES string of the molecule is COc1cc(-c2ncc(C)n2C)ccc1Nc1ncc2cc(-c3cnn(C)c3)n(C3CCCCC3)c2n1. The second-order valence-corrected chi connectivity index (χ2v) is 9.89. The Morgan fingerprint density at radius 1 is 0.973 bits per heavy atom. The zero-order chi connectivity index (χ0) is 25.5. The van der Waals surface area contributed by atoms with Crippen LogP contribution < -0.4 is 10.1 Å². The zero-order valence-corrected chi connectivity index (χ0v) is 21.8. The lowest BCUT2D eigenvalue weighted by Crippen LogP contribution is -2.14. The van der Waals surface area contributed by atoms with Crippen LogP contribution >= 0.6 is 0 Å². The largest absolute Gasteiger partial charge is 0.495 e. The Morgan fingerprint density at radius 3 is 2.51 bits per heavy atom. The fourth-order valence-electron chi connectivity index (χ4n) is 5.37. The van der Waals surface area contributed by atoms with Gasteiger partial charge in [0.05, 0.1) is 24.7 Å². The summed E-state index contributed by atoms with van der Waals surface area (Å²) < 4.78 is 12.0. The van der Waals surface area contributed by atoms with Crippen LogP contribution in [0.3, 0.4) is 0 Å². The number of hydrogen-bond acceptors (Lipinski definition) is 6. The molecule has 0 amide bonds. The van der Waals surface area contributed by atoms with Crippen LogP contribution in [0, 0.1) is 6.92 Å². The highest BCUT2D eigenvalue weighted by atomic mass is 16.5. The first-order chi connectivity index (χ1) is 18.0. The van der Waals surface area contributed by atoms with Crippen molar-refractivity contribution in [2.45, 2.75) is 45.1 Å². The van der Waals surface area contributed by atoms with Gasteiger partial charge in [-0.25, -0.2) is 9.97 Å². The van der Waals surface area contributed by atoms with E-state index in [0.29, 0.717) is 17.7 Å². The van der Waals surface area contributed by atoms with Crippen molar-refractivity contribution in [2.24, 2.45) is 14.1 Å². The second-order valence-electron chi connectivity index (χ2n) is 9.89. The fraction of sp³-hybridized carbons (Fsp3) is 0.357. The summed E-state index contributed by atoms with van der Waals surface area (Å²) in [6.45, 7) is 2.04. The number of methoxy groups -OCH3 is 1. The maximum Gasteiger partial charge on any atom is 0.229 e. The van der Waals surface area contributed by atoms with Crippen LogP contribution in [-0.4, -0.2) is 41.0 Å². The number of fused-ring (bicyclic) bond motifs is 1. The smallest absolute Gasteiger partial charge is 0.229 e. The summed E-state index contributed by atoms with van der Waals surface area (Å²) in [4.78, 5) is 14.2. The molecule has 37 heavy (non-hydrogen) atoms. The van der Waals surface area contributed by atoms with E-state index in [1.165, 1.54) is 19.3 Å². The molecule has 4 heterocycles. The van der Waals surface area contributed by atoms with Gasteiger partial charge in [-0.05, 0) is 44.0 Å². The molecule has 0 aliphatic heterocycles. The van der Waals surface area contributed by atoms with Crippen LogP contribution in [0.5, 0.6) is 5.75 Å². The van der Waals surface area contributed by atoms with Crippen molar-refractivity contribution in [2.75, 3.05) is 12.4 Å². The molecule has 9 nitrogen and oxygen atoms in total. The second kappa shape index (κ2) is 9.38. The average Bonchev–Trinajstić information content (AvgIpc) is 3.61. The minimum atomic E-state index is 0.416. The summed E-state index contributed by atoms with van der Waals surface area (Å²) in [5.74, 6) is 2.15. The molecule has 0 unspecified atom stereocenters. The van der Waals surface area contributed by atoms with Crippen LogP contribution in [0.4, 0.5) is 11.6 Å². The summed E-state index contributed by atoms with van der Waals surface area (Å²) in [7, 11) is 5.64. The highest BCUT2D eigenvalue weighted by molar-refractivity contribution is 5.85. The summed E-state index contributed by atoms with van der Waals surface area (Å²) in [6.07, 6.45) is 13.9. The van der Waals surface area contributed by atoms with Gasteiger partial charge in [0, 0.05) is 60.9 Å². The molecule has 0 saturated heterocycles. The Bertz CT molecular complexity index is 1570. The summed E-state index contributed by atoms with van der Waals surface area (Å²) in [6, 6.07) is 8.63. The van der Waals surface area contributed by atoms with E-state index < -0.39 is 0 Å². The summed E-state index contributed by atoms with van der Waals surface area (Å²) >= 11 is 0. The average molecular weight is 497 g/mol. The predicted molar refractivity (Wildman–Crippen MR) is 145 cm³/mol. The van der Waals surface area contributed by atoms with Gasteiger partial charge in [0.2, 0.25) is 5.95 Å². The van der Waals surface area contributed by atoms with E-state index >= 15 is 0 Å². The molecule has 1 saturated carbocycles. The van der Waals surface area contributed by atoms with Crippen LogP contribution in [0.15, 0.2) is 49.1 Å². The third-order valence-corrected chi connectivity index (χ3v) is 7.44. The number of aromatic nitrogens is 7. The predicted octanol–water partition coefficient (Wildman–Crippen LogP) is 5.80. The van der Waals surface area contributed by atoms with Gasteiger partial charge in [-0.3, -0.25) is 4.68 Å². The van der Waals surface area contributed by atoms with Crippen molar-refractivity contribution in [3.8, 4) is 28.4 Å². The third kappa shape index (κ3) is 4.24. The molecule has 1 aromatic carbocycles. The van der Waals surface area contributed by atoms with Crippen LogP contribution in [0.2, 0.25) is 0 Å². The molecular weight excluding hydrogens is 464 g/mol. The van der Waals surface area contributed by atoms with E-state index in [0.717, 1.165) is 57.9 Å². The first-order valence-electron chi connectivity index (χ1n) is 12.8. The van der Waals surface area contributed by atoms with Crippen molar-refractivity contribution < 1.29 is 4.74 Å². The van der Waals surface area contributed by atoms with Gasteiger partial charge >= 0.3 is 0 Å². The molecule has 6 rings (SSSR count). The van der Waals surface area contributed by atoms with Crippen molar-refractivity contribution in [3.63, 3.8) is 0 Å². The van der Waals surface area contributed by atoms with Gasteiger partial charge < -0.3 is 19.2 Å².